The fourth-order valence-corrected chi connectivity index (χ4v) is 3.14. The molecule has 0 aliphatic carbocycles. The molecular formula is C17H28N6O2. The second-order valence-corrected chi connectivity index (χ2v) is 7.64. The molecule has 0 bridgehead atoms. The van der Waals surface area contributed by atoms with Gasteiger partial charge in [-0.15, -0.1) is 0 Å². The van der Waals surface area contributed by atoms with Gasteiger partial charge in [-0.05, 0) is 32.8 Å². The second-order valence-electron chi connectivity index (χ2n) is 7.64. The fourth-order valence-electron chi connectivity index (χ4n) is 3.14. The Labute approximate surface area is 148 Å². The Morgan fingerprint density at radius 1 is 1.40 bits per heavy atom. The first kappa shape index (κ1) is 17.6. The molecule has 8 heteroatoms. The first-order valence-electron chi connectivity index (χ1n) is 8.82. The fraction of sp³-hybridized carbons (Fsp3) is 0.706. The minimum absolute atomic E-state index is 0.231. The van der Waals surface area contributed by atoms with Crippen LogP contribution in [-0.2, 0) is 18.2 Å². The van der Waals surface area contributed by atoms with Crippen molar-refractivity contribution < 1.29 is 9.53 Å². The Morgan fingerprint density at radius 3 is 2.88 bits per heavy atom. The van der Waals surface area contributed by atoms with E-state index in [0.717, 1.165) is 25.5 Å². The Hall–Kier alpha value is -2.25. The molecular weight excluding hydrogens is 320 g/mol. The number of aliphatic imine (C=N–C) groups is 1. The molecule has 1 amide bonds. The number of aromatic nitrogens is 2. The molecule has 1 aromatic heterocycles. The quantitative estimate of drug-likeness (QED) is 0.876. The summed E-state index contributed by atoms with van der Waals surface area (Å²) in [6.07, 6.45) is 4.60. The molecule has 1 unspecified atom stereocenters. The highest BCUT2D eigenvalue weighted by Gasteiger charge is 2.36. The van der Waals surface area contributed by atoms with Crippen molar-refractivity contribution in [3.8, 4) is 0 Å². The minimum Gasteiger partial charge on any atom is -0.444 e. The largest absolute Gasteiger partial charge is 0.444 e. The van der Waals surface area contributed by atoms with Crippen LogP contribution < -0.4 is 5.32 Å². The van der Waals surface area contributed by atoms with Crippen molar-refractivity contribution in [3.05, 3.63) is 18.0 Å². The van der Waals surface area contributed by atoms with Crippen molar-refractivity contribution in [2.75, 3.05) is 32.7 Å². The van der Waals surface area contributed by atoms with Gasteiger partial charge in [0.05, 0.1) is 18.8 Å². The summed E-state index contributed by atoms with van der Waals surface area (Å²) in [5.41, 5.74) is 0.749. The highest BCUT2D eigenvalue weighted by atomic mass is 16.6. The van der Waals surface area contributed by atoms with Crippen LogP contribution >= 0.6 is 0 Å². The van der Waals surface area contributed by atoms with Gasteiger partial charge in [0.15, 0.2) is 5.96 Å². The van der Waals surface area contributed by atoms with Crippen LogP contribution in [0.25, 0.3) is 0 Å². The predicted molar refractivity (Wildman–Crippen MR) is 95.5 cm³/mol. The zero-order valence-electron chi connectivity index (χ0n) is 15.5. The Kier molecular flexibility index (Phi) is 4.87. The molecule has 3 heterocycles. The Bertz CT molecular complexity index is 648. The summed E-state index contributed by atoms with van der Waals surface area (Å²) in [7, 11) is 1.92. The van der Waals surface area contributed by atoms with E-state index in [0.29, 0.717) is 19.6 Å². The molecule has 8 nitrogen and oxygen atoms in total. The second kappa shape index (κ2) is 6.93. The van der Waals surface area contributed by atoms with Crippen LogP contribution in [0.5, 0.6) is 0 Å². The summed E-state index contributed by atoms with van der Waals surface area (Å²) in [5, 5.41) is 7.61. The normalized spacial score (nSPS) is 20.3. The standard InChI is InChI=1S/C17H28N6O2/c1-17(2,3)25-16(24)22-7-8-23-14(12-22)10-19-15(23)18-6-5-13-9-20-21(4)11-13/h9,11,14H,5-8,10,12H2,1-4H3,(H,18,19). The van der Waals surface area contributed by atoms with E-state index >= 15 is 0 Å². The van der Waals surface area contributed by atoms with Crippen LogP contribution in [0.3, 0.4) is 0 Å². The van der Waals surface area contributed by atoms with Crippen LogP contribution in [0.4, 0.5) is 4.79 Å². The van der Waals surface area contributed by atoms with Gasteiger partial charge in [0.1, 0.15) is 5.60 Å². The lowest BCUT2D eigenvalue weighted by atomic mass is 10.2. The van der Waals surface area contributed by atoms with Gasteiger partial charge in [0.25, 0.3) is 0 Å². The molecule has 0 spiro atoms. The lowest BCUT2D eigenvalue weighted by Gasteiger charge is -2.39. The van der Waals surface area contributed by atoms with Gasteiger partial charge in [0.2, 0.25) is 0 Å². The van der Waals surface area contributed by atoms with Crippen LogP contribution in [-0.4, -0.2) is 76.0 Å². The van der Waals surface area contributed by atoms with E-state index in [9.17, 15) is 4.79 Å². The molecule has 3 rings (SSSR count). The highest BCUT2D eigenvalue weighted by Crippen LogP contribution is 2.18. The van der Waals surface area contributed by atoms with E-state index in [1.807, 2.05) is 44.9 Å². The first-order valence-corrected chi connectivity index (χ1v) is 8.82. The molecule has 25 heavy (non-hydrogen) atoms. The molecule has 1 saturated heterocycles. The molecule has 1 atom stereocenters. The zero-order valence-corrected chi connectivity index (χ0v) is 15.5. The van der Waals surface area contributed by atoms with Crippen LogP contribution in [0.1, 0.15) is 26.3 Å². The molecule has 1 aromatic rings. The number of ether oxygens (including phenoxy) is 1. The number of fused-ring (bicyclic) bond motifs is 1. The third kappa shape index (κ3) is 4.43. The minimum atomic E-state index is -0.459. The lowest BCUT2D eigenvalue weighted by molar-refractivity contribution is 0.0137. The first-order chi connectivity index (χ1) is 11.8. The van der Waals surface area contributed by atoms with E-state index < -0.39 is 5.60 Å². The average Bonchev–Trinajstić information content (AvgIpc) is 3.12. The topological polar surface area (TPSA) is 75.0 Å². The molecule has 1 fully saturated rings. The molecule has 0 aromatic carbocycles. The maximum absolute atomic E-state index is 12.2. The lowest BCUT2D eigenvalue weighted by Crippen LogP contribution is -2.57. The summed E-state index contributed by atoms with van der Waals surface area (Å²) in [6, 6.07) is 0.238. The number of nitrogens with zero attached hydrogens (tertiary/aromatic N) is 5. The molecule has 138 valence electrons. The van der Waals surface area contributed by atoms with E-state index in [1.165, 1.54) is 5.56 Å². The van der Waals surface area contributed by atoms with E-state index in [-0.39, 0.29) is 12.1 Å². The summed E-state index contributed by atoms with van der Waals surface area (Å²) >= 11 is 0. The van der Waals surface area contributed by atoms with Gasteiger partial charge in [-0.2, -0.15) is 5.10 Å². The molecule has 0 radical (unpaired) electrons. The number of amides is 1. The summed E-state index contributed by atoms with van der Waals surface area (Å²) in [4.78, 5) is 20.9. The Balaban J connectivity index is 1.46. The number of hydrogen-bond donors (Lipinski definition) is 1. The average molecular weight is 348 g/mol. The maximum atomic E-state index is 12.2. The predicted octanol–water partition coefficient (Wildman–Crippen LogP) is 0.843. The van der Waals surface area contributed by atoms with Gasteiger partial charge in [-0.1, -0.05) is 0 Å². The van der Waals surface area contributed by atoms with Crippen molar-refractivity contribution in [1.82, 2.24) is 24.9 Å². The van der Waals surface area contributed by atoms with Crippen molar-refractivity contribution in [3.63, 3.8) is 0 Å². The van der Waals surface area contributed by atoms with Crippen molar-refractivity contribution in [2.24, 2.45) is 12.0 Å². The Morgan fingerprint density at radius 2 is 2.20 bits per heavy atom. The third-order valence-corrected chi connectivity index (χ3v) is 4.31. The molecule has 1 N–H and O–H groups in total. The number of hydrogen-bond acceptors (Lipinski definition) is 6. The van der Waals surface area contributed by atoms with Gasteiger partial charge >= 0.3 is 6.09 Å². The number of piperazine rings is 1. The number of guanidine groups is 1. The summed E-state index contributed by atoms with van der Waals surface area (Å²) in [6.45, 7) is 9.32. The molecule has 0 saturated carbocycles. The number of carbonyl (C=O) groups is 1. The van der Waals surface area contributed by atoms with Crippen molar-refractivity contribution in [1.29, 1.82) is 0 Å². The summed E-state index contributed by atoms with van der Waals surface area (Å²) < 4.78 is 7.29. The SMILES string of the molecule is Cn1cc(CCNC2=NCC3CN(C(=O)OC(C)(C)C)CCN23)cn1. The van der Waals surface area contributed by atoms with E-state index in [4.69, 9.17) is 4.74 Å². The monoisotopic (exact) mass is 348 g/mol. The van der Waals surface area contributed by atoms with Gasteiger partial charge in [-0.25, -0.2) is 4.79 Å². The number of rotatable bonds is 3. The van der Waals surface area contributed by atoms with Gasteiger partial charge in [-0.3, -0.25) is 9.67 Å². The number of nitrogens with one attached hydrogen (secondary N) is 1. The number of carbonyl (C=O) groups excluding carboxylic acids is 1. The van der Waals surface area contributed by atoms with E-state index in [2.05, 4.69) is 20.3 Å². The maximum Gasteiger partial charge on any atom is 0.410 e. The van der Waals surface area contributed by atoms with Crippen LogP contribution in [0, 0.1) is 0 Å². The number of aryl methyl sites for hydroxylation is 1. The smallest absolute Gasteiger partial charge is 0.410 e. The van der Waals surface area contributed by atoms with Crippen LogP contribution in [0.2, 0.25) is 0 Å². The van der Waals surface area contributed by atoms with E-state index in [1.54, 1.807) is 4.90 Å². The zero-order chi connectivity index (χ0) is 18.0. The molecule has 2 aliphatic heterocycles. The summed E-state index contributed by atoms with van der Waals surface area (Å²) in [5.74, 6) is 0.942. The van der Waals surface area contributed by atoms with Gasteiger partial charge in [0, 0.05) is 39.4 Å². The molecule has 2 aliphatic rings. The van der Waals surface area contributed by atoms with Gasteiger partial charge < -0.3 is 19.9 Å². The van der Waals surface area contributed by atoms with Crippen LogP contribution in [0.15, 0.2) is 17.4 Å². The van der Waals surface area contributed by atoms with Crippen molar-refractivity contribution in [2.45, 2.75) is 38.8 Å². The van der Waals surface area contributed by atoms with Crippen molar-refractivity contribution >= 4 is 12.1 Å². The third-order valence-electron chi connectivity index (χ3n) is 4.31. The highest BCUT2D eigenvalue weighted by molar-refractivity contribution is 5.82.